The molecule has 7 heteroatoms. The van der Waals surface area contributed by atoms with Crippen LogP contribution in [0.15, 0.2) is 60.8 Å². The smallest absolute Gasteiger partial charge is 0.255 e. The van der Waals surface area contributed by atoms with Gasteiger partial charge in [-0.2, -0.15) is 0 Å². The normalized spacial score (nSPS) is 10.2. The number of ketones is 1. The third-order valence-electron chi connectivity index (χ3n) is 4.24. The molecule has 7 nitrogen and oxygen atoms in total. The highest BCUT2D eigenvalue weighted by molar-refractivity contribution is 6.05. The van der Waals surface area contributed by atoms with Crippen molar-refractivity contribution in [1.82, 2.24) is 4.98 Å². The van der Waals surface area contributed by atoms with E-state index in [-0.39, 0.29) is 11.7 Å². The lowest BCUT2D eigenvalue weighted by Gasteiger charge is -2.12. The fourth-order valence-corrected chi connectivity index (χ4v) is 2.67. The predicted octanol–water partition coefficient (Wildman–Crippen LogP) is 4.30. The maximum Gasteiger partial charge on any atom is 0.255 e. The van der Waals surface area contributed by atoms with Gasteiger partial charge in [-0.25, -0.2) is 4.98 Å². The Balaban J connectivity index is 1.75. The number of hydrogen-bond donors (Lipinski definition) is 2. The van der Waals surface area contributed by atoms with Crippen molar-refractivity contribution in [3.05, 3.63) is 71.9 Å². The first-order valence-electron chi connectivity index (χ1n) is 8.87. The van der Waals surface area contributed by atoms with Crippen LogP contribution in [0.4, 0.5) is 17.2 Å². The molecule has 1 heterocycles. The standard InChI is InChI=1S/C22H21N3O4/c1-14(26)15-4-6-17(7-5-15)24-21-12-16(10-11-23-21)22(27)25-19-9-8-18(28-2)13-20(19)29-3/h4-13H,1-3H3,(H,23,24)(H,25,27). The van der Waals surface area contributed by atoms with E-state index in [9.17, 15) is 9.59 Å². The van der Waals surface area contributed by atoms with Gasteiger partial charge in [0.25, 0.3) is 5.91 Å². The van der Waals surface area contributed by atoms with Crippen LogP contribution < -0.4 is 20.1 Å². The van der Waals surface area contributed by atoms with Crippen molar-refractivity contribution in [2.45, 2.75) is 6.92 Å². The van der Waals surface area contributed by atoms with E-state index in [1.165, 1.54) is 14.0 Å². The summed E-state index contributed by atoms with van der Waals surface area (Å²) in [6, 6.07) is 15.4. The summed E-state index contributed by atoms with van der Waals surface area (Å²) in [5.41, 5.74) is 2.35. The summed E-state index contributed by atoms with van der Waals surface area (Å²) in [5.74, 6) is 1.34. The molecular weight excluding hydrogens is 370 g/mol. The molecule has 2 N–H and O–H groups in total. The van der Waals surface area contributed by atoms with Gasteiger partial charge in [0.1, 0.15) is 17.3 Å². The van der Waals surface area contributed by atoms with E-state index < -0.39 is 0 Å². The molecule has 0 bridgehead atoms. The van der Waals surface area contributed by atoms with E-state index >= 15 is 0 Å². The van der Waals surface area contributed by atoms with Crippen LogP contribution in [0.25, 0.3) is 0 Å². The second-order valence-corrected chi connectivity index (χ2v) is 6.21. The lowest BCUT2D eigenvalue weighted by molar-refractivity contribution is 0.101. The highest BCUT2D eigenvalue weighted by Gasteiger charge is 2.12. The van der Waals surface area contributed by atoms with Gasteiger partial charge in [0.15, 0.2) is 5.78 Å². The highest BCUT2D eigenvalue weighted by atomic mass is 16.5. The first kappa shape index (κ1) is 19.9. The highest BCUT2D eigenvalue weighted by Crippen LogP contribution is 2.29. The molecule has 1 amide bonds. The molecule has 0 fully saturated rings. The lowest BCUT2D eigenvalue weighted by atomic mass is 10.1. The molecule has 0 aliphatic rings. The molecule has 0 saturated carbocycles. The quantitative estimate of drug-likeness (QED) is 0.584. The number of pyridine rings is 1. The molecule has 0 atom stereocenters. The number of carbonyl (C=O) groups is 2. The fraction of sp³-hybridized carbons (Fsp3) is 0.136. The van der Waals surface area contributed by atoms with Crippen molar-refractivity contribution >= 4 is 28.9 Å². The molecule has 0 spiro atoms. The van der Waals surface area contributed by atoms with E-state index in [1.807, 2.05) is 0 Å². The summed E-state index contributed by atoms with van der Waals surface area (Å²) < 4.78 is 10.5. The van der Waals surface area contributed by atoms with Crippen LogP contribution in [0, 0.1) is 0 Å². The molecule has 3 rings (SSSR count). The Morgan fingerprint density at radius 2 is 1.66 bits per heavy atom. The van der Waals surface area contributed by atoms with E-state index in [2.05, 4.69) is 15.6 Å². The number of nitrogens with zero attached hydrogens (tertiary/aromatic N) is 1. The topological polar surface area (TPSA) is 89.5 Å². The van der Waals surface area contributed by atoms with Crippen LogP contribution in [0.2, 0.25) is 0 Å². The number of methoxy groups -OCH3 is 2. The molecule has 0 radical (unpaired) electrons. The molecule has 0 saturated heterocycles. The summed E-state index contributed by atoms with van der Waals surface area (Å²) in [5, 5.41) is 5.95. The third-order valence-corrected chi connectivity index (χ3v) is 4.24. The van der Waals surface area contributed by atoms with Gasteiger partial charge in [-0.3, -0.25) is 9.59 Å². The Morgan fingerprint density at radius 1 is 0.897 bits per heavy atom. The molecule has 2 aromatic carbocycles. The number of nitrogens with one attached hydrogen (secondary N) is 2. The van der Waals surface area contributed by atoms with Gasteiger partial charge in [0, 0.05) is 29.1 Å². The predicted molar refractivity (Wildman–Crippen MR) is 111 cm³/mol. The maximum atomic E-state index is 12.7. The zero-order valence-corrected chi connectivity index (χ0v) is 16.4. The number of aromatic nitrogens is 1. The number of hydrogen-bond acceptors (Lipinski definition) is 6. The van der Waals surface area contributed by atoms with Crippen molar-refractivity contribution < 1.29 is 19.1 Å². The summed E-state index contributed by atoms with van der Waals surface area (Å²) >= 11 is 0. The zero-order chi connectivity index (χ0) is 20.8. The fourth-order valence-electron chi connectivity index (χ4n) is 2.67. The Labute approximate surface area is 168 Å². The molecule has 1 aromatic heterocycles. The van der Waals surface area contributed by atoms with Crippen LogP contribution >= 0.6 is 0 Å². The van der Waals surface area contributed by atoms with E-state index in [0.717, 1.165) is 5.69 Å². The van der Waals surface area contributed by atoms with Crippen LogP contribution in [0.5, 0.6) is 11.5 Å². The van der Waals surface area contributed by atoms with Gasteiger partial charge in [0.05, 0.1) is 19.9 Å². The van der Waals surface area contributed by atoms with Crippen molar-refractivity contribution in [3.63, 3.8) is 0 Å². The number of amides is 1. The molecule has 0 aliphatic heterocycles. The average molecular weight is 391 g/mol. The molecular formula is C22H21N3O4. The van der Waals surface area contributed by atoms with E-state index in [0.29, 0.717) is 34.1 Å². The van der Waals surface area contributed by atoms with Gasteiger partial charge < -0.3 is 20.1 Å². The van der Waals surface area contributed by atoms with Crippen molar-refractivity contribution in [2.75, 3.05) is 24.9 Å². The summed E-state index contributed by atoms with van der Waals surface area (Å²) in [6.45, 7) is 1.52. The van der Waals surface area contributed by atoms with Crippen LogP contribution in [0.1, 0.15) is 27.6 Å². The summed E-state index contributed by atoms with van der Waals surface area (Å²) in [7, 11) is 3.09. The molecule has 0 aliphatic carbocycles. The van der Waals surface area contributed by atoms with Gasteiger partial charge in [0.2, 0.25) is 0 Å². The zero-order valence-electron chi connectivity index (χ0n) is 16.4. The minimum Gasteiger partial charge on any atom is -0.497 e. The third kappa shape index (κ3) is 4.90. The lowest BCUT2D eigenvalue weighted by Crippen LogP contribution is -2.13. The van der Waals surface area contributed by atoms with Gasteiger partial charge in [-0.05, 0) is 55.5 Å². The Bertz CT molecular complexity index is 1030. The summed E-state index contributed by atoms with van der Waals surface area (Å²) in [4.78, 5) is 28.3. The number of carbonyl (C=O) groups excluding carboxylic acids is 2. The van der Waals surface area contributed by atoms with Crippen LogP contribution in [-0.2, 0) is 0 Å². The molecule has 148 valence electrons. The summed E-state index contributed by atoms with van der Waals surface area (Å²) in [6.07, 6.45) is 1.55. The SMILES string of the molecule is COc1ccc(NC(=O)c2ccnc(Nc3ccc(C(C)=O)cc3)c2)c(OC)c1. The Morgan fingerprint density at radius 3 is 2.31 bits per heavy atom. The number of Topliss-reactive ketones (excluding diaryl/α,β-unsaturated/α-hetero) is 1. The van der Waals surface area contributed by atoms with Crippen molar-refractivity contribution in [1.29, 1.82) is 0 Å². The Kier molecular flexibility index (Phi) is 6.09. The van der Waals surface area contributed by atoms with Crippen LogP contribution in [-0.4, -0.2) is 30.9 Å². The second kappa shape index (κ2) is 8.88. The van der Waals surface area contributed by atoms with Crippen molar-refractivity contribution in [3.8, 4) is 11.5 Å². The van der Waals surface area contributed by atoms with Gasteiger partial charge in [-0.1, -0.05) is 0 Å². The van der Waals surface area contributed by atoms with Crippen LogP contribution in [0.3, 0.4) is 0 Å². The molecule has 3 aromatic rings. The molecule has 29 heavy (non-hydrogen) atoms. The van der Waals surface area contributed by atoms with E-state index in [4.69, 9.17) is 9.47 Å². The largest absolute Gasteiger partial charge is 0.497 e. The maximum absolute atomic E-state index is 12.7. The molecule has 0 unspecified atom stereocenters. The minimum atomic E-state index is -0.300. The second-order valence-electron chi connectivity index (χ2n) is 6.21. The first-order valence-corrected chi connectivity index (χ1v) is 8.87. The first-order chi connectivity index (χ1) is 14.0. The van der Waals surface area contributed by atoms with E-state index in [1.54, 1.807) is 67.9 Å². The number of benzene rings is 2. The average Bonchev–Trinajstić information content (AvgIpc) is 2.74. The van der Waals surface area contributed by atoms with Crippen molar-refractivity contribution in [2.24, 2.45) is 0 Å². The Hall–Kier alpha value is -3.87. The number of anilines is 3. The monoisotopic (exact) mass is 391 g/mol. The van der Waals surface area contributed by atoms with Gasteiger partial charge >= 0.3 is 0 Å². The van der Waals surface area contributed by atoms with Gasteiger partial charge in [-0.15, -0.1) is 0 Å². The number of rotatable bonds is 7. The number of ether oxygens (including phenoxy) is 2. The minimum absolute atomic E-state index is 0.00213.